The molecule has 0 aliphatic heterocycles. The van der Waals surface area contributed by atoms with E-state index in [-0.39, 0.29) is 18.3 Å². The summed E-state index contributed by atoms with van der Waals surface area (Å²) in [7, 11) is 0. The van der Waals surface area contributed by atoms with Crippen LogP contribution in [-0.2, 0) is 9.59 Å². The molecule has 13 heavy (non-hydrogen) atoms. The molecule has 0 radical (unpaired) electrons. The minimum Gasteiger partial charge on any atom is -0.481 e. The minimum atomic E-state index is -0.824. The molecule has 0 spiro atoms. The molecular weight excluding hydrogens is 172 g/mol. The summed E-state index contributed by atoms with van der Waals surface area (Å²) in [6.45, 7) is 3.52. The third-order valence-electron chi connectivity index (χ3n) is 2.03. The molecule has 0 heterocycles. The monoisotopic (exact) mass is 188 g/mol. The molecule has 0 rings (SSSR count). The average molecular weight is 188 g/mol. The molecule has 0 bridgehead atoms. The van der Waals surface area contributed by atoms with Crippen molar-refractivity contribution < 1.29 is 19.8 Å². The van der Waals surface area contributed by atoms with Gasteiger partial charge < -0.3 is 10.2 Å². The van der Waals surface area contributed by atoms with Crippen molar-refractivity contribution in [2.24, 2.45) is 11.8 Å². The Morgan fingerprint density at radius 3 is 2.15 bits per heavy atom. The van der Waals surface area contributed by atoms with Crippen LogP contribution in [-0.4, -0.2) is 22.2 Å². The topological polar surface area (TPSA) is 74.6 Å². The van der Waals surface area contributed by atoms with Crippen LogP contribution in [0.3, 0.4) is 0 Å². The Morgan fingerprint density at radius 2 is 1.77 bits per heavy atom. The van der Waals surface area contributed by atoms with Crippen molar-refractivity contribution in [3.63, 3.8) is 0 Å². The van der Waals surface area contributed by atoms with Gasteiger partial charge in [0.05, 0.1) is 5.92 Å². The van der Waals surface area contributed by atoms with Crippen LogP contribution in [0.4, 0.5) is 0 Å². The number of hydrogen-bond acceptors (Lipinski definition) is 2. The highest BCUT2D eigenvalue weighted by Crippen LogP contribution is 2.16. The lowest BCUT2D eigenvalue weighted by atomic mass is 9.94. The Balaban J connectivity index is 3.67. The highest BCUT2D eigenvalue weighted by Gasteiger charge is 2.15. The van der Waals surface area contributed by atoms with Gasteiger partial charge >= 0.3 is 11.9 Å². The quantitative estimate of drug-likeness (QED) is 0.663. The molecule has 0 amide bonds. The smallest absolute Gasteiger partial charge is 0.306 e. The Hall–Kier alpha value is -1.06. The first-order valence-electron chi connectivity index (χ1n) is 4.38. The highest BCUT2D eigenvalue weighted by molar-refractivity contribution is 5.69. The molecular formula is C9H16O4. The third kappa shape index (κ3) is 6.13. The van der Waals surface area contributed by atoms with E-state index in [0.717, 1.165) is 0 Å². The zero-order chi connectivity index (χ0) is 10.4. The Bertz CT molecular complexity index is 188. The summed E-state index contributed by atoms with van der Waals surface area (Å²) in [6.07, 6.45) is 1.21. The summed E-state index contributed by atoms with van der Waals surface area (Å²) in [5.41, 5.74) is 0. The molecule has 0 unspecified atom stereocenters. The fourth-order valence-electron chi connectivity index (χ4n) is 1.19. The lowest BCUT2D eigenvalue weighted by molar-refractivity contribution is -0.141. The number of carboxylic acids is 2. The van der Waals surface area contributed by atoms with Gasteiger partial charge in [-0.05, 0) is 18.8 Å². The Morgan fingerprint density at radius 1 is 1.23 bits per heavy atom. The van der Waals surface area contributed by atoms with Crippen LogP contribution in [0, 0.1) is 11.8 Å². The zero-order valence-corrected chi connectivity index (χ0v) is 7.99. The maximum atomic E-state index is 10.5. The van der Waals surface area contributed by atoms with E-state index in [1.54, 1.807) is 6.92 Å². The van der Waals surface area contributed by atoms with Gasteiger partial charge in [-0.2, -0.15) is 0 Å². The van der Waals surface area contributed by atoms with Gasteiger partial charge in [0.2, 0.25) is 0 Å². The molecule has 4 heteroatoms. The van der Waals surface area contributed by atoms with Crippen molar-refractivity contribution in [1.82, 2.24) is 0 Å². The predicted molar refractivity (Wildman–Crippen MR) is 47.5 cm³/mol. The van der Waals surface area contributed by atoms with Crippen molar-refractivity contribution in [2.45, 2.75) is 33.1 Å². The first-order chi connectivity index (χ1) is 5.93. The van der Waals surface area contributed by atoms with Crippen molar-refractivity contribution in [1.29, 1.82) is 0 Å². The summed E-state index contributed by atoms with van der Waals surface area (Å²) in [4.78, 5) is 20.7. The molecule has 4 nitrogen and oxygen atoms in total. The SMILES string of the molecule is C[C@H](CCC(=O)O)C[C@H](C)C(=O)O. The lowest BCUT2D eigenvalue weighted by Gasteiger charge is -2.12. The zero-order valence-electron chi connectivity index (χ0n) is 7.99. The molecule has 0 saturated carbocycles. The summed E-state index contributed by atoms with van der Waals surface area (Å²) >= 11 is 0. The molecule has 0 fully saturated rings. The molecule has 0 aromatic carbocycles. The second-order valence-corrected chi connectivity index (χ2v) is 3.51. The first kappa shape index (κ1) is 11.9. The number of rotatable bonds is 6. The van der Waals surface area contributed by atoms with E-state index in [0.29, 0.717) is 12.8 Å². The highest BCUT2D eigenvalue weighted by atomic mass is 16.4. The Labute approximate surface area is 77.6 Å². The van der Waals surface area contributed by atoms with Crippen LogP contribution in [0.25, 0.3) is 0 Å². The van der Waals surface area contributed by atoms with E-state index < -0.39 is 11.9 Å². The summed E-state index contributed by atoms with van der Waals surface area (Å²) < 4.78 is 0. The molecule has 0 saturated heterocycles. The molecule has 0 aliphatic carbocycles. The van der Waals surface area contributed by atoms with Crippen LogP contribution in [0.15, 0.2) is 0 Å². The normalized spacial score (nSPS) is 14.9. The van der Waals surface area contributed by atoms with Gasteiger partial charge in [0, 0.05) is 6.42 Å². The predicted octanol–water partition coefficient (Wildman–Crippen LogP) is 1.60. The van der Waals surface area contributed by atoms with Gasteiger partial charge in [-0.3, -0.25) is 9.59 Å². The maximum Gasteiger partial charge on any atom is 0.306 e. The Kier molecular flexibility index (Phi) is 5.11. The van der Waals surface area contributed by atoms with E-state index in [2.05, 4.69) is 0 Å². The van der Waals surface area contributed by atoms with Gasteiger partial charge in [0.15, 0.2) is 0 Å². The van der Waals surface area contributed by atoms with Gasteiger partial charge in [-0.25, -0.2) is 0 Å². The fraction of sp³-hybridized carbons (Fsp3) is 0.778. The number of hydrogen-bond donors (Lipinski definition) is 2. The van der Waals surface area contributed by atoms with Crippen LogP contribution in [0.2, 0.25) is 0 Å². The van der Waals surface area contributed by atoms with Crippen molar-refractivity contribution in [3.8, 4) is 0 Å². The van der Waals surface area contributed by atoms with E-state index in [4.69, 9.17) is 10.2 Å². The standard InChI is InChI=1S/C9H16O4/c1-6(3-4-8(10)11)5-7(2)9(12)13/h6-7H,3-5H2,1-2H3,(H,10,11)(H,12,13)/t6-,7+/m1/s1. The van der Waals surface area contributed by atoms with Crippen LogP contribution >= 0.6 is 0 Å². The first-order valence-corrected chi connectivity index (χ1v) is 4.38. The van der Waals surface area contributed by atoms with Gasteiger partial charge in [0.25, 0.3) is 0 Å². The van der Waals surface area contributed by atoms with E-state index in [1.165, 1.54) is 0 Å². The fourth-order valence-corrected chi connectivity index (χ4v) is 1.19. The number of carbonyl (C=O) groups is 2. The molecule has 2 atom stereocenters. The minimum absolute atomic E-state index is 0.119. The van der Waals surface area contributed by atoms with Crippen LogP contribution < -0.4 is 0 Å². The van der Waals surface area contributed by atoms with E-state index in [1.807, 2.05) is 6.92 Å². The number of aliphatic carboxylic acids is 2. The average Bonchev–Trinajstić information content (AvgIpc) is 2.00. The third-order valence-corrected chi connectivity index (χ3v) is 2.03. The van der Waals surface area contributed by atoms with Crippen molar-refractivity contribution in [2.75, 3.05) is 0 Å². The summed E-state index contributed by atoms with van der Waals surface area (Å²) in [6, 6.07) is 0. The van der Waals surface area contributed by atoms with Gasteiger partial charge in [-0.15, -0.1) is 0 Å². The summed E-state index contributed by atoms with van der Waals surface area (Å²) in [5.74, 6) is -1.87. The molecule has 2 N–H and O–H groups in total. The lowest BCUT2D eigenvalue weighted by Crippen LogP contribution is -2.13. The van der Waals surface area contributed by atoms with E-state index in [9.17, 15) is 9.59 Å². The maximum absolute atomic E-state index is 10.5. The molecule has 0 aromatic rings. The molecule has 0 aromatic heterocycles. The van der Waals surface area contributed by atoms with Gasteiger partial charge in [-0.1, -0.05) is 13.8 Å². The van der Waals surface area contributed by atoms with E-state index >= 15 is 0 Å². The van der Waals surface area contributed by atoms with Crippen LogP contribution in [0.5, 0.6) is 0 Å². The van der Waals surface area contributed by atoms with Crippen LogP contribution in [0.1, 0.15) is 33.1 Å². The van der Waals surface area contributed by atoms with Crippen molar-refractivity contribution >= 4 is 11.9 Å². The molecule has 0 aliphatic rings. The second kappa shape index (κ2) is 5.56. The summed E-state index contributed by atoms with van der Waals surface area (Å²) in [5, 5.41) is 17.0. The number of carboxylic acid groups (broad SMARTS) is 2. The largest absolute Gasteiger partial charge is 0.481 e. The second-order valence-electron chi connectivity index (χ2n) is 3.51. The molecule has 76 valence electrons. The van der Waals surface area contributed by atoms with Crippen molar-refractivity contribution in [3.05, 3.63) is 0 Å². The van der Waals surface area contributed by atoms with Gasteiger partial charge in [0.1, 0.15) is 0 Å².